The number of aliphatic hydroxyl groups is 1. The number of halogens is 1. The van der Waals surface area contributed by atoms with E-state index < -0.39 is 0 Å². The van der Waals surface area contributed by atoms with Crippen molar-refractivity contribution in [1.82, 2.24) is 4.98 Å². The quantitative estimate of drug-likeness (QED) is 0.697. The lowest BCUT2D eigenvalue weighted by Crippen LogP contribution is -2.17. The first kappa shape index (κ1) is 9.59. The van der Waals surface area contributed by atoms with E-state index >= 15 is 0 Å². The van der Waals surface area contributed by atoms with Crippen LogP contribution in [0.15, 0.2) is 18.3 Å². The third kappa shape index (κ3) is 1.93. The molecule has 0 radical (unpaired) electrons. The molecule has 0 unspecified atom stereocenters. The van der Waals surface area contributed by atoms with Gasteiger partial charge in [-0.15, -0.1) is 0 Å². The average Bonchev–Trinajstić information content (AvgIpc) is 2.20. The van der Waals surface area contributed by atoms with Crippen molar-refractivity contribution in [1.29, 1.82) is 0 Å². The fourth-order valence-corrected chi connectivity index (χ4v) is 2.09. The Morgan fingerprint density at radius 2 is 2.00 bits per heavy atom. The molecular weight excluding hydrogens is 181 g/mol. The van der Waals surface area contributed by atoms with Crippen molar-refractivity contribution in [3.63, 3.8) is 0 Å². The summed E-state index contributed by atoms with van der Waals surface area (Å²) in [6.45, 7) is 0. The van der Waals surface area contributed by atoms with Gasteiger partial charge in [0.05, 0.1) is 6.10 Å². The van der Waals surface area contributed by atoms with Gasteiger partial charge >= 0.3 is 0 Å². The van der Waals surface area contributed by atoms with Gasteiger partial charge in [0.25, 0.3) is 0 Å². The molecule has 3 heteroatoms. The van der Waals surface area contributed by atoms with Crippen molar-refractivity contribution in [3.05, 3.63) is 29.8 Å². The summed E-state index contributed by atoms with van der Waals surface area (Å²) in [5.41, 5.74) is 0.708. The highest BCUT2D eigenvalue weighted by atomic mass is 19.1. The Hall–Kier alpha value is -0.960. The van der Waals surface area contributed by atoms with Gasteiger partial charge in [-0.1, -0.05) is 6.07 Å². The topological polar surface area (TPSA) is 33.1 Å². The maximum absolute atomic E-state index is 13.3. The molecule has 1 aromatic heterocycles. The first-order chi connectivity index (χ1) is 6.77. The summed E-state index contributed by atoms with van der Waals surface area (Å²) in [5, 5.41) is 9.33. The van der Waals surface area contributed by atoms with Crippen molar-refractivity contribution in [3.8, 4) is 0 Å². The van der Waals surface area contributed by atoms with Gasteiger partial charge in [0.15, 0.2) is 0 Å². The summed E-state index contributed by atoms with van der Waals surface area (Å²) in [4.78, 5) is 3.64. The van der Waals surface area contributed by atoms with Crippen LogP contribution in [0.5, 0.6) is 0 Å². The van der Waals surface area contributed by atoms with Crippen LogP contribution in [0.1, 0.15) is 37.2 Å². The molecular formula is C11H14FNO. The maximum atomic E-state index is 13.3. The third-order valence-corrected chi connectivity index (χ3v) is 2.92. The van der Waals surface area contributed by atoms with Gasteiger partial charge in [0.2, 0.25) is 5.95 Å². The second-order valence-corrected chi connectivity index (χ2v) is 3.89. The molecule has 1 N–H and O–H groups in total. The van der Waals surface area contributed by atoms with Crippen LogP contribution in [0.4, 0.5) is 4.39 Å². The van der Waals surface area contributed by atoms with Gasteiger partial charge < -0.3 is 5.11 Å². The molecule has 0 atom stereocenters. The van der Waals surface area contributed by atoms with Crippen LogP contribution in [-0.2, 0) is 0 Å². The molecule has 1 aromatic rings. The van der Waals surface area contributed by atoms with Crippen molar-refractivity contribution < 1.29 is 9.50 Å². The third-order valence-electron chi connectivity index (χ3n) is 2.92. The number of hydrogen-bond donors (Lipinski definition) is 1. The minimum atomic E-state index is -0.353. The van der Waals surface area contributed by atoms with Gasteiger partial charge in [-0.25, -0.2) is 4.98 Å². The first-order valence-electron chi connectivity index (χ1n) is 5.06. The van der Waals surface area contributed by atoms with Gasteiger partial charge in [-0.05, 0) is 37.7 Å². The second-order valence-electron chi connectivity index (χ2n) is 3.89. The largest absolute Gasteiger partial charge is 0.393 e. The van der Waals surface area contributed by atoms with E-state index in [9.17, 15) is 9.50 Å². The lowest BCUT2D eigenvalue weighted by molar-refractivity contribution is 0.122. The highest BCUT2D eigenvalue weighted by Crippen LogP contribution is 2.33. The monoisotopic (exact) mass is 195 g/mol. The standard InChI is InChI=1S/C11H14FNO/c12-11-10(2-1-7-13-11)8-3-5-9(14)6-4-8/h1-2,7-9,14H,3-6H2/t8-,9+. The van der Waals surface area contributed by atoms with E-state index in [0.29, 0.717) is 5.56 Å². The lowest BCUT2D eigenvalue weighted by Gasteiger charge is -2.25. The Balaban J connectivity index is 2.12. The molecule has 0 amide bonds. The fourth-order valence-electron chi connectivity index (χ4n) is 2.09. The van der Waals surface area contributed by atoms with Crippen LogP contribution < -0.4 is 0 Å². The van der Waals surface area contributed by atoms with Crippen molar-refractivity contribution in [2.75, 3.05) is 0 Å². The molecule has 1 heterocycles. The van der Waals surface area contributed by atoms with Gasteiger partial charge in [0.1, 0.15) is 0 Å². The molecule has 0 spiro atoms. The zero-order chi connectivity index (χ0) is 9.97. The molecule has 0 bridgehead atoms. The molecule has 0 aliphatic heterocycles. The molecule has 2 rings (SSSR count). The number of hydrogen-bond acceptors (Lipinski definition) is 2. The molecule has 1 saturated carbocycles. The fraction of sp³-hybridized carbons (Fsp3) is 0.545. The number of aliphatic hydroxyl groups excluding tert-OH is 1. The van der Waals surface area contributed by atoms with E-state index in [1.165, 1.54) is 6.20 Å². The van der Waals surface area contributed by atoms with E-state index in [4.69, 9.17) is 0 Å². The summed E-state index contributed by atoms with van der Waals surface area (Å²) < 4.78 is 13.3. The van der Waals surface area contributed by atoms with Crippen LogP contribution in [0.25, 0.3) is 0 Å². The zero-order valence-corrected chi connectivity index (χ0v) is 7.99. The molecule has 2 nitrogen and oxygen atoms in total. The van der Waals surface area contributed by atoms with E-state index in [1.54, 1.807) is 12.1 Å². The summed E-state index contributed by atoms with van der Waals surface area (Å²) in [6, 6.07) is 3.56. The minimum absolute atomic E-state index is 0.189. The van der Waals surface area contributed by atoms with Gasteiger partial charge in [-0.3, -0.25) is 0 Å². The van der Waals surface area contributed by atoms with Crippen LogP contribution in [0.3, 0.4) is 0 Å². The maximum Gasteiger partial charge on any atom is 0.216 e. The average molecular weight is 195 g/mol. The summed E-state index contributed by atoms with van der Waals surface area (Å²) in [5.74, 6) is -0.110. The molecule has 1 fully saturated rings. The first-order valence-corrected chi connectivity index (χ1v) is 5.06. The second kappa shape index (κ2) is 4.05. The summed E-state index contributed by atoms with van der Waals surface area (Å²) in [6.07, 6.45) is 4.56. The SMILES string of the molecule is O[C@H]1CC[C@@H](c2cccnc2F)CC1. The highest BCUT2D eigenvalue weighted by molar-refractivity contribution is 5.17. The van der Waals surface area contributed by atoms with Crippen LogP contribution in [0.2, 0.25) is 0 Å². The summed E-state index contributed by atoms with van der Waals surface area (Å²) in [7, 11) is 0. The van der Waals surface area contributed by atoms with Crippen LogP contribution in [-0.4, -0.2) is 16.2 Å². The van der Waals surface area contributed by atoms with E-state index in [0.717, 1.165) is 25.7 Å². The number of pyridine rings is 1. The van der Waals surface area contributed by atoms with Gasteiger partial charge in [-0.2, -0.15) is 4.39 Å². The van der Waals surface area contributed by atoms with Crippen molar-refractivity contribution in [2.45, 2.75) is 37.7 Å². The Bertz CT molecular complexity index is 308. The Morgan fingerprint density at radius 3 is 2.64 bits per heavy atom. The molecule has 1 aliphatic rings. The minimum Gasteiger partial charge on any atom is -0.393 e. The lowest BCUT2D eigenvalue weighted by atomic mass is 9.83. The Morgan fingerprint density at radius 1 is 1.29 bits per heavy atom. The number of rotatable bonds is 1. The predicted octanol–water partition coefficient (Wildman–Crippen LogP) is 2.24. The van der Waals surface area contributed by atoms with E-state index in [-0.39, 0.29) is 18.0 Å². The molecule has 14 heavy (non-hydrogen) atoms. The highest BCUT2D eigenvalue weighted by Gasteiger charge is 2.22. The molecule has 76 valence electrons. The number of nitrogens with zero attached hydrogens (tertiary/aromatic N) is 1. The normalized spacial score (nSPS) is 27.6. The number of aromatic nitrogens is 1. The molecule has 0 aromatic carbocycles. The smallest absolute Gasteiger partial charge is 0.216 e. The van der Waals surface area contributed by atoms with Gasteiger partial charge in [0, 0.05) is 11.8 Å². The van der Waals surface area contributed by atoms with E-state index in [2.05, 4.69) is 4.98 Å². The zero-order valence-electron chi connectivity index (χ0n) is 7.99. The van der Waals surface area contributed by atoms with Crippen molar-refractivity contribution >= 4 is 0 Å². The Kier molecular flexibility index (Phi) is 2.77. The van der Waals surface area contributed by atoms with Crippen LogP contribution in [0, 0.1) is 5.95 Å². The van der Waals surface area contributed by atoms with E-state index in [1.807, 2.05) is 0 Å². The predicted molar refractivity (Wildman–Crippen MR) is 51.4 cm³/mol. The Labute approximate surface area is 82.8 Å². The van der Waals surface area contributed by atoms with Crippen molar-refractivity contribution in [2.24, 2.45) is 0 Å². The molecule has 1 aliphatic carbocycles. The summed E-state index contributed by atoms with van der Waals surface area (Å²) >= 11 is 0. The van der Waals surface area contributed by atoms with Crippen LogP contribution >= 0.6 is 0 Å². The molecule has 0 saturated heterocycles.